The average Bonchev–Trinajstić information content (AvgIpc) is 3.55. The van der Waals surface area contributed by atoms with Crippen molar-refractivity contribution in [1.82, 2.24) is 0 Å². The van der Waals surface area contributed by atoms with Crippen LogP contribution in [0.15, 0.2) is 109 Å². The summed E-state index contributed by atoms with van der Waals surface area (Å²) in [5, 5.41) is 2.12. The highest BCUT2D eigenvalue weighted by atomic mass is 16.5. The molecule has 332 valence electrons. The zero-order valence-electron chi connectivity index (χ0n) is 39.3. The normalized spacial score (nSPS) is 17.0. The maximum Gasteiger partial charge on any atom is 0.178 e. The Morgan fingerprint density at radius 1 is 0.562 bits per heavy atom. The van der Waals surface area contributed by atoms with E-state index in [9.17, 15) is 0 Å². The van der Waals surface area contributed by atoms with Gasteiger partial charge in [-0.2, -0.15) is 0 Å². The molecule has 6 heteroatoms. The predicted octanol–water partition coefficient (Wildman–Crippen LogP) is 14.7. The SMILES string of the molecule is CCCCOc1ccc(C2(c3ccc(OCCCC)cc3)C=Cc3c4c(c5cc(OC)c(-c6ccc(OC)cc6OC)cc5c3O2)-c2ccccc2C42CC(C)(C)CC(C)(C)C2)cc1. The van der Waals surface area contributed by atoms with Gasteiger partial charge in [-0.25, -0.2) is 0 Å². The predicted molar refractivity (Wildman–Crippen MR) is 261 cm³/mol. The van der Waals surface area contributed by atoms with Gasteiger partial charge in [0.05, 0.1) is 34.5 Å². The summed E-state index contributed by atoms with van der Waals surface area (Å²) in [4.78, 5) is 0. The van der Waals surface area contributed by atoms with Crippen molar-refractivity contribution in [2.24, 2.45) is 10.8 Å². The Hall–Kier alpha value is -5.88. The zero-order chi connectivity index (χ0) is 44.9. The minimum absolute atomic E-state index is 0.0929. The Morgan fingerprint density at radius 3 is 1.72 bits per heavy atom. The molecule has 0 saturated heterocycles. The fourth-order valence-corrected chi connectivity index (χ4v) is 11.8. The summed E-state index contributed by atoms with van der Waals surface area (Å²) in [6, 6.07) is 36.6. The molecule has 0 aromatic heterocycles. The van der Waals surface area contributed by atoms with Gasteiger partial charge in [-0.05, 0) is 125 Å². The molecule has 3 aliphatic rings. The van der Waals surface area contributed by atoms with Crippen LogP contribution in [0.4, 0.5) is 0 Å². The van der Waals surface area contributed by atoms with E-state index in [1.54, 1.807) is 21.3 Å². The third kappa shape index (κ3) is 7.47. The van der Waals surface area contributed by atoms with Crippen molar-refractivity contribution >= 4 is 16.8 Å². The summed E-state index contributed by atoms with van der Waals surface area (Å²) < 4.78 is 38.3. The van der Waals surface area contributed by atoms with Gasteiger partial charge in [0, 0.05) is 44.7 Å². The van der Waals surface area contributed by atoms with E-state index in [1.807, 2.05) is 12.1 Å². The smallest absolute Gasteiger partial charge is 0.178 e. The van der Waals surface area contributed by atoms with E-state index in [0.29, 0.717) is 19.0 Å². The third-order valence-electron chi connectivity index (χ3n) is 13.9. The first-order valence-electron chi connectivity index (χ1n) is 23.3. The van der Waals surface area contributed by atoms with E-state index in [2.05, 4.69) is 145 Å². The van der Waals surface area contributed by atoms with Crippen molar-refractivity contribution in [2.75, 3.05) is 34.5 Å². The van der Waals surface area contributed by atoms with Crippen LogP contribution in [-0.4, -0.2) is 34.5 Å². The minimum Gasteiger partial charge on any atom is -0.497 e. The second kappa shape index (κ2) is 16.9. The van der Waals surface area contributed by atoms with Crippen molar-refractivity contribution in [2.45, 2.75) is 97.5 Å². The first-order valence-corrected chi connectivity index (χ1v) is 23.3. The molecule has 6 aromatic rings. The lowest BCUT2D eigenvalue weighted by Gasteiger charge is -2.52. The van der Waals surface area contributed by atoms with Crippen LogP contribution in [0.2, 0.25) is 0 Å². The van der Waals surface area contributed by atoms with Crippen LogP contribution in [0.5, 0.6) is 34.5 Å². The number of hydrogen-bond acceptors (Lipinski definition) is 6. The number of unbranched alkanes of at least 4 members (excludes halogenated alkanes) is 2. The van der Waals surface area contributed by atoms with Crippen molar-refractivity contribution in [3.63, 3.8) is 0 Å². The van der Waals surface area contributed by atoms with Crippen molar-refractivity contribution < 1.29 is 28.4 Å². The molecular formula is C58H64O6. The van der Waals surface area contributed by atoms with Crippen LogP contribution in [0.3, 0.4) is 0 Å². The van der Waals surface area contributed by atoms with E-state index in [0.717, 1.165) is 112 Å². The molecule has 1 heterocycles. The summed E-state index contributed by atoms with van der Waals surface area (Å²) in [5.41, 5.74) is 9.24. The summed E-state index contributed by atoms with van der Waals surface area (Å²) in [7, 11) is 5.14. The van der Waals surface area contributed by atoms with Crippen LogP contribution in [0.25, 0.3) is 39.1 Å². The monoisotopic (exact) mass is 856 g/mol. The van der Waals surface area contributed by atoms with E-state index in [1.165, 1.54) is 22.3 Å². The maximum atomic E-state index is 7.94. The highest BCUT2D eigenvalue weighted by molar-refractivity contribution is 6.11. The van der Waals surface area contributed by atoms with Crippen LogP contribution < -0.4 is 28.4 Å². The molecule has 0 unspecified atom stereocenters. The molecule has 0 N–H and O–H groups in total. The highest BCUT2D eigenvalue weighted by Gasteiger charge is 2.55. The molecule has 6 nitrogen and oxygen atoms in total. The molecule has 64 heavy (non-hydrogen) atoms. The Balaban J connectivity index is 1.35. The van der Waals surface area contributed by atoms with Gasteiger partial charge in [-0.15, -0.1) is 0 Å². The second-order valence-electron chi connectivity index (χ2n) is 19.8. The summed E-state index contributed by atoms with van der Waals surface area (Å²) >= 11 is 0. The Labute approximate surface area is 380 Å². The molecule has 0 bridgehead atoms. The first kappa shape index (κ1) is 43.4. The summed E-state index contributed by atoms with van der Waals surface area (Å²) in [5.74, 6) is 4.73. The lowest BCUT2D eigenvalue weighted by atomic mass is 9.52. The molecule has 1 aliphatic heterocycles. The molecule has 0 amide bonds. The molecular weight excluding hydrogens is 793 g/mol. The standard InChI is InChI=1S/C58H64O6/c1-10-12-30-62-40-22-18-38(19-23-40)58(39-20-24-41(25-21-39)63-31-13-11-2)29-28-45-53-52(44-16-14-15-17-49(44)57(53)36-55(3,4)35-56(5,6)37-57)47-34-51(61-9)46(33-48(47)54(45)64-58)43-27-26-42(59-7)32-50(43)60-8/h14-29,32-34H,10-13,30-31,35-37H2,1-9H3. The van der Waals surface area contributed by atoms with E-state index < -0.39 is 5.60 Å². The fraction of sp³-hybridized carbons (Fsp3) is 0.379. The fourth-order valence-electron chi connectivity index (χ4n) is 11.8. The number of hydrogen-bond donors (Lipinski definition) is 0. The lowest BCUT2D eigenvalue weighted by molar-refractivity contribution is 0.0642. The molecule has 2 aliphatic carbocycles. The van der Waals surface area contributed by atoms with Crippen LogP contribution in [0.1, 0.15) is 114 Å². The van der Waals surface area contributed by atoms with Gasteiger partial charge in [0.15, 0.2) is 5.60 Å². The lowest BCUT2D eigenvalue weighted by Crippen LogP contribution is -2.44. The average molecular weight is 857 g/mol. The number of ether oxygens (including phenoxy) is 6. The Kier molecular flexibility index (Phi) is 11.5. The van der Waals surface area contributed by atoms with Crippen LogP contribution in [0, 0.1) is 10.8 Å². The molecule has 1 fully saturated rings. The Bertz CT molecular complexity index is 2630. The van der Waals surface area contributed by atoms with Crippen molar-refractivity contribution in [1.29, 1.82) is 0 Å². The van der Waals surface area contributed by atoms with Gasteiger partial charge in [0.1, 0.15) is 34.5 Å². The summed E-state index contributed by atoms with van der Waals surface area (Å²) in [6.45, 7) is 15.6. The first-order chi connectivity index (χ1) is 30.9. The van der Waals surface area contributed by atoms with Gasteiger partial charge < -0.3 is 28.4 Å². The molecule has 9 rings (SSSR count). The summed E-state index contributed by atoms with van der Waals surface area (Å²) in [6.07, 6.45) is 12.1. The Morgan fingerprint density at radius 2 is 1.14 bits per heavy atom. The number of methoxy groups -OCH3 is 3. The maximum absolute atomic E-state index is 7.94. The zero-order valence-corrected chi connectivity index (χ0v) is 39.3. The van der Waals surface area contributed by atoms with Gasteiger partial charge in [0.25, 0.3) is 0 Å². The van der Waals surface area contributed by atoms with Crippen molar-refractivity contribution in [3.05, 3.63) is 137 Å². The van der Waals surface area contributed by atoms with E-state index in [-0.39, 0.29) is 16.2 Å². The largest absolute Gasteiger partial charge is 0.497 e. The van der Waals surface area contributed by atoms with Gasteiger partial charge in [-0.3, -0.25) is 0 Å². The molecule has 0 radical (unpaired) electrons. The van der Waals surface area contributed by atoms with E-state index in [4.69, 9.17) is 28.4 Å². The highest BCUT2D eigenvalue weighted by Crippen LogP contribution is 2.67. The van der Waals surface area contributed by atoms with Crippen LogP contribution >= 0.6 is 0 Å². The van der Waals surface area contributed by atoms with Gasteiger partial charge in [0.2, 0.25) is 0 Å². The topological polar surface area (TPSA) is 55.4 Å². The third-order valence-corrected chi connectivity index (χ3v) is 13.9. The molecule has 1 saturated carbocycles. The van der Waals surface area contributed by atoms with Crippen LogP contribution in [-0.2, 0) is 11.0 Å². The molecule has 6 aromatic carbocycles. The molecule has 0 atom stereocenters. The molecule has 1 spiro atoms. The number of benzene rings is 6. The second-order valence-corrected chi connectivity index (χ2v) is 19.8. The van der Waals surface area contributed by atoms with Crippen molar-refractivity contribution in [3.8, 4) is 56.8 Å². The number of rotatable bonds is 14. The van der Waals surface area contributed by atoms with Gasteiger partial charge in [-0.1, -0.05) is 109 Å². The van der Waals surface area contributed by atoms with E-state index >= 15 is 0 Å². The van der Waals surface area contributed by atoms with Gasteiger partial charge >= 0.3 is 0 Å². The minimum atomic E-state index is -0.986. The quantitative estimate of drug-likeness (QED) is 0.102. The number of fused-ring (bicyclic) bond motifs is 10.